The second-order valence-corrected chi connectivity index (χ2v) is 6.06. The van der Waals surface area contributed by atoms with Gasteiger partial charge in [0.2, 0.25) is 0 Å². The molecule has 0 saturated carbocycles. The molecule has 0 fully saturated rings. The highest BCUT2D eigenvalue weighted by atomic mass is 16.6. The summed E-state index contributed by atoms with van der Waals surface area (Å²) in [5.41, 5.74) is -0.179. The van der Waals surface area contributed by atoms with Crippen molar-refractivity contribution in [1.29, 1.82) is 0 Å². The van der Waals surface area contributed by atoms with E-state index in [0.29, 0.717) is 5.56 Å². The molecule has 0 bridgehead atoms. The Kier molecular flexibility index (Phi) is 10.0. The van der Waals surface area contributed by atoms with Gasteiger partial charge >= 0.3 is 18.0 Å². The van der Waals surface area contributed by atoms with Crippen molar-refractivity contribution in [1.82, 2.24) is 5.32 Å². The third-order valence-corrected chi connectivity index (χ3v) is 3.07. The van der Waals surface area contributed by atoms with Crippen molar-refractivity contribution in [2.24, 2.45) is 5.92 Å². The SMILES string of the molecule is CC.COC(=O)C(C(=O)OC)[C@H](NC(=O)OC(C)(C)C)c1ccccc1. The normalized spacial score (nSPS) is 11.5. The highest BCUT2D eigenvalue weighted by molar-refractivity contribution is 5.96. The highest BCUT2D eigenvalue weighted by Crippen LogP contribution is 2.25. The van der Waals surface area contributed by atoms with E-state index >= 15 is 0 Å². The van der Waals surface area contributed by atoms with Crippen LogP contribution in [0.4, 0.5) is 4.79 Å². The molecule has 1 rings (SSSR count). The lowest BCUT2D eigenvalue weighted by atomic mass is 9.93. The van der Waals surface area contributed by atoms with E-state index in [-0.39, 0.29) is 0 Å². The third kappa shape index (κ3) is 7.55. The fraction of sp³-hybridized carbons (Fsp3) is 0.526. The molecule has 1 amide bonds. The molecule has 0 saturated heterocycles. The zero-order valence-electron chi connectivity index (χ0n) is 16.5. The molecule has 0 unspecified atom stereocenters. The second-order valence-electron chi connectivity index (χ2n) is 6.06. The smallest absolute Gasteiger partial charge is 0.408 e. The maximum Gasteiger partial charge on any atom is 0.408 e. The van der Waals surface area contributed by atoms with E-state index < -0.39 is 35.6 Å². The minimum atomic E-state index is -1.35. The minimum absolute atomic E-state index is 0.546. The number of carbonyl (C=O) groups excluding carboxylic acids is 3. The molecule has 0 spiro atoms. The average molecular weight is 367 g/mol. The lowest BCUT2D eigenvalue weighted by molar-refractivity contribution is -0.160. The van der Waals surface area contributed by atoms with Crippen LogP contribution in [-0.4, -0.2) is 37.9 Å². The summed E-state index contributed by atoms with van der Waals surface area (Å²) in [5.74, 6) is -2.98. The summed E-state index contributed by atoms with van der Waals surface area (Å²) >= 11 is 0. The summed E-state index contributed by atoms with van der Waals surface area (Å²) in [4.78, 5) is 36.3. The predicted molar refractivity (Wildman–Crippen MR) is 97.4 cm³/mol. The van der Waals surface area contributed by atoms with Crippen molar-refractivity contribution in [3.05, 3.63) is 35.9 Å². The largest absolute Gasteiger partial charge is 0.468 e. The first-order valence-electron chi connectivity index (χ1n) is 8.39. The summed E-state index contributed by atoms with van der Waals surface area (Å²) in [6, 6.07) is 7.61. The zero-order valence-corrected chi connectivity index (χ0v) is 16.5. The molecular weight excluding hydrogens is 338 g/mol. The van der Waals surface area contributed by atoms with Crippen LogP contribution in [-0.2, 0) is 23.8 Å². The van der Waals surface area contributed by atoms with Crippen molar-refractivity contribution in [3.63, 3.8) is 0 Å². The first-order valence-corrected chi connectivity index (χ1v) is 8.39. The van der Waals surface area contributed by atoms with Crippen LogP contribution in [0, 0.1) is 5.92 Å². The minimum Gasteiger partial charge on any atom is -0.468 e. The zero-order chi connectivity index (χ0) is 20.3. The van der Waals surface area contributed by atoms with Gasteiger partial charge in [-0.3, -0.25) is 9.59 Å². The Bertz CT molecular complexity index is 563. The Morgan fingerprint density at radius 1 is 0.923 bits per heavy atom. The number of amides is 1. The Balaban J connectivity index is 0.00000301. The molecule has 0 aliphatic heterocycles. The Labute approximate surface area is 155 Å². The van der Waals surface area contributed by atoms with Crippen LogP contribution in [0.2, 0.25) is 0 Å². The Morgan fingerprint density at radius 3 is 1.77 bits per heavy atom. The molecule has 0 aliphatic rings. The van der Waals surface area contributed by atoms with E-state index in [2.05, 4.69) is 14.8 Å². The number of esters is 2. The number of rotatable bonds is 5. The molecule has 7 heteroatoms. The van der Waals surface area contributed by atoms with Crippen LogP contribution in [0.25, 0.3) is 0 Å². The Hall–Kier alpha value is -2.57. The summed E-state index contributed by atoms with van der Waals surface area (Å²) in [7, 11) is 2.32. The van der Waals surface area contributed by atoms with Gasteiger partial charge < -0.3 is 19.5 Å². The van der Waals surface area contributed by atoms with Gasteiger partial charge in [-0.25, -0.2) is 4.79 Å². The van der Waals surface area contributed by atoms with Crippen molar-refractivity contribution in [2.75, 3.05) is 14.2 Å². The topological polar surface area (TPSA) is 90.9 Å². The number of hydrogen-bond acceptors (Lipinski definition) is 6. The van der Waals surface area contributed by atoms with Crippen LogP contribution < -0.4 is 5.32 Å². The molecule has 146 valence electrons. The molecule has 0 aromatic heterocycles. The molecule has 1 aromatic rings. The lowest BCUT2D eigenvalue weighted by Gasteiger charge is -2.27. The predicted octanol–water partition coefficient (Wildman–Crippen LogP) is 3.24. The van der Waals surface area contributed by atoms with Gasteiger partial charge in [0.05, 0.1) is 20.3 Å². The summed E-state index contributed by atoms with van der Waals surface area (Å²) < 4.78 is 14.6. The van der Waals surface area contributed by atoms with E-state index in [0.717, 1.165) is 14.2 Å². The van der Waals surface area contributed by atoms with E-state index in [1.54, 1.807) is 51.1 Å². The van der Waals surface area contributed by atoms with Gasteiger partial charge in [0.1, 0.15) is 5.60 Å². The van der Waals surface area contributed by atoms with Gasteiger partial charge in [0.25, 0.3) is 0 Å². The van der Waals surface area contributed by atoms with Gasteiger partial charge in [0, 0.05) is 0 Å². The highest BCUT2D eigenvalue weighted by Gasteiger charge is 2.39. The van der Waals surface area contributed by atoms with Crippen LogP contribution in [0.15, 0.2) is 30.3 Å². The van der Waals surface area contributed by atoms with Crippen molar-refractivity contribution < 1.29 is 28.6 Å². The maximum absolute atomic E-state index is 12.1. The fourth-order valence-corrected chi connectivity index (χ4v) is 2.08. The molecule has 7 nitrogen and oxygen atoms in total. The number of ether oxygens (including phenoxy) is 3. The van der Waals surface area contributed by atoms with Crippen LogP contribution in [0.3, 0.4) is 0 Å². The lowest BCUT2D eigenvalue weighted by Crippen LogP contribution is -2.43. The summed E-state index contributed by atoms with van der Waals surface area (Å²) in [5, 5.41) is 2.56. The average Bonchev–Trinajstić information content (AvgIpc) is 2.61. The molecular formula is C19H29NO6. The monoisotopic (exact) mass is 367 g/mol. The first kappa shape index (κ1) is 23.4. The van der Waals surface area contributed by atoms with E-state index in [1.807, 2.05) is 13.8 Å². The molecule has 0 aliphatic carbocycles. The number of methoxy groups -OCH3 is 2. The van der Waals surface area contributed by atoms with Gasteiger partial charge in [-0.1, -0.05) is 44.2 Å². The standard InChI is InChI=1S/C17H23NO6.C2H6/c1-17(2,3)24-16(21)18-13(11-9-7-6-8-10-11)12(14(19)22-4)15(20)23-5;1-2/h6-10,12-13H,1-5H3,(H,18,21);1-2H3/t13-;/m1./s1. The van der Waals surface area contributed by atoms with Crippen molar-refractivity contribution in [2.45, 2.75) is 46.3 Å². The maximum atomic E-state index is 12.1. The number of hydrogen-bond donors (Lipinski definition) is 1. The molecule has 1 aromatic carbocycles. The Morgan fingerprint density at radius 2 is 1.38 bits per heavy atom. The van der Waals surface area contributed by atoms with Crippen molar-refractivity contribution in [3.8, 4) is 0 Å². The van der Waals surface area contributed by atoms with Crippen LogP contribution in [0.5, 0.6) is 0 Å². The second kappa shape index (κ2) is 11.1. The quantitative estimate of drug-likeness (QED) is 0.488. The first-order chi connectivity index (χ1) is 12.2. The van der Waals surface area contributed by atoms with Gasteiger partial charge in [-0.05, 0) is 26.3 Å². The van der Waals surface area contributed by atoms with Gasteiger partial charge in [-0.2, -0.15) is 0 Å². The van der Waals surface area contributed by atoms with Crippen LogP contribution >= 0.6 is 0 Å². The van der Waals surface area contributed by atoms with Crippen molar-refractivity contribution >= 4 is 18.0 Å². The van der Waals surface area contributed by atoms with Gasteiger partial charge in [0.15, 0.2) is 5.92 Å². The molecule has 0 heterocycles. The molecule has 0 radical (unpaired) electrons. The molecule has 1 N–H and O–H groups in total. The fourth-order valence-electron chi connectivity index (χ4n) is 2.08. The van der Waals surface area contributed by atoms with Gasteiger partial charge in [-0.15, -0.1) is 0 Å². The molecule has 26 heavy (non-hydrogen) atoms. The third-order valence-electron chi connectivity index (χ3n) is 3.07. The van der Waals surface area contributed by atoms with E-state index in [9.17, 15) is 14.4 Å². The van der Waals surface area contributed by atoms with E-state index in [4.69, 9.17) is 4.74 Å². The number of nitrogens with one attached hydrogen (secondary N) is 1. The number of alkyl carbamates (subject to hydrolysis) is 1. The summed E-state index contributed by atoms with van der Waals surface area (Å²) in [6.45, 7) is 9.13. The van der Waals surface area contributed by atoms with Crippen LogP contribution in [0.1, 0.15) is 46.2 Å². The summed E-state index contributed by atoms with van der Waals surface area (Å²) in [6.07, 6.45) is -0.755. The molecule has 1 atom stereocenters. The number of carbonyl (C=O) groups is 3. The van der Waals surface area contributed by atoms with E-state index in [1.165, 1.54) is 0 Å². The number of benzene rings is 1.